The Kier molecular flexibility index (Phi) is 5.89. The van der Waals surface area contributed by atoms with Crippen LogP contribution in [-0.2, 0) is 4.74 Å². The fraction of sp³-hybridized carbons (Fsp3) is 0.812. The Morgan fingerprint density at radius 2 is 2.25 bits per heavy atom. The maximum Gasteiger partial charge on any atom is 0.317 e. The van der Waals surface area contributed by atoms with E-state index in [9.17, 15) is 4.79 Å². The van der Waals surface area contributed by atoms with Crippen LogP contribution in [0.15, 0.2) is 12.2 Å². The highest BCUT2D eigenvalue weighted by atomic mass is 16.5. The minimum absolute atomic E-state index is 0.121. The van der Waals surface area contributed by atoms with E-state index in [4.69, 9.17) is 4.74 Å². The van der Waals surface area contributed by atoms with Crippen LogP contribution in [0.4, 0.5) is 4.79 Å². The average Bonchev–Trinajstić information content (AvgIpc) is 2.48. The number of rotatable bonds is 5. The second kappa shape index (κ2) is 7.67. The molecule has 2 rings (SSSR count). The number of urea groups is 1. The Hall–Kier alpha value is -1.03. The number of hydrogen-bond donors (Lipinski definition) is 1. The van der Waals surface area contributed by atoms with Crippen molar-refractivity contribution < 1.29 is 9.53 Å². The third-order valence-corrected chi connectivity index (χ3v) is 4.56. The van der Waals surface area contributed by atoms with Crippen LogP contribution < -0.4 is 5.32 Å². The molecule has 1 heterocycles. The van der Waals surface area contributed by atoms with Crippen molar-refractivity contribution in [3.63, 3.8) is 0 Å². The van der Waals surface area contributed by atoms with Crippen molar-refractivity contribution >= 4 is 6.03 Å². The van der Waals surface area contributed by atoms with Gasteiger partial charge in [0.05, 0.1) is 0 Å². The van der Waals surface area contributed by atoms with Crippen molar-refractivity contribution in [3.05, 3.63) is 12.2 Å². The van der Waals surface area contributed by atoms with Gasteiger partial charge in [0.15, 0.2) is 0 Å². The number of hydrogen-bond acceptors (Lipinski definition) is 2. The molecule has 1 aliphatic heterocycles. The Morgan fingerprint density at radius 3 is 3.00 bits per heavy atom. The normalized spacial score (nSPS) is 25.9. The number of amides is 2. The van der Waals surface area contributed by atoms with Gasteiger partial charge in [-0.15, -0.1) is 0 Å². The highest BCUT2D eigenvalue weighted by Gasteiger charge is 2.36. The molecule has 2 aliphatic rings. The first-order valence-corrected chi connectivity index (χ1v) is 7.92. The molecule has 1 saturated heterocycles. The Bertz CT molecular complexity index is 343. The monoisotopic (exact) mass is 280 g/mol. The van der Waals surface area contributed by atoms with Crippen molar-refractivity contribution in [2.75, 3.05) is 33.4 Å². The van der Waals surface area contributed by atoms with E-state index < -0.39 is 0 Å². The number of carbonyl (C=O) groups is 1. The van der Waals surface area contributed by atoms with Crippen molar-refractivity contribution in [2.24, 2.45) is 5.41 Å². The van der Waals surface area contributed by atoms with E-state index in [2.05, 4.69) is 17.5 Å². The van der Waals surface area contributed by atoms with Crippen LogP contribution in [0.1, 0.15) is 44.9 Å². The lowest BCUT2D eigenvalue weighted by molar-refractivity contribution is 0.0959. The van der Waals surface area contributed by atoms with Crippen LogP contribution in [0.5, 0.6) is 0 Å². The van der Waals surface area contributed by atoms with Crippen LogP contribution in [0, 0.1) is 5.41 Å². The summed E-state index contributed by atoms with van der Waals surface area (Å²) in [6.07, 6.45) is 12.5. The van der Waals surface area contributed by atoms with E-state index in [1.54, 1.807) is 7.11 Å². The Labute approximate surface area is 122 Å². The molecule has 0 saturated carbocycles. The number of ether oxygens (including phenoxy) is 1. The van der Waals surface area contributed by atoms with E-state index in [0.29, 0.717) is 5.41 Å². The number of carbonyl (C=O) groups excluding carboxylic acids is 1. The third kappa shape index (κ3) is 4.23. The maximum atomic E-state index is 12.2. The van der Waals surface area contributed by atoms with Crippen LogP contribution in [0.25, 0.3) is 0 Å². The van der Waals surface area contributed by atoms with E-state index in [-0.39, 0.29) is 6.03 Å². The van der Waals surface area contributed by atoms with Crippen LogP contribution in [0.2, 0.25) is 0 Å². The molecule has 4 nitrogen and oxygen atoms in total. The molecule has 0 aromatic heterocycles. The number of nitrogens with zero attached hydrogens (tertiary/aromatic N) is 1. The lowest BCUT2D eigenvalue weighted by atomic mass is 9.71. The number of allylic oxidation sites excluding steroid dienone is 2. The predicted molar refractivity (Wildman–Crippen MR) is 80.7 cm³/mol. The zero-order valence-corrected chi connectivity index (χ0v) is 12.7. The van der Waals surface area contributed by atoms with Crippen molar-refractivity contribution in [1.82, 2.24) is 10.2 Å². The summed E-state index contributed by atoms with van der Waals surface area (Å²) in [6.45, 7) is 3.37. The fourth-order valence-corrected chi connectivity index (χ4v) is 3.37. The highest BCUT2D eigenvalue weighted by molar-refractivity contribution is 5.74. The molecule has 0 aromatic carbocycles. The highest BCUT2D eigenvalue weighted by Crippen LogP contribution is 2.40. The predicted octanol–water partition coefficient (Wildman–Crippen LogP) is 2.94. The van der Waals surface area contributed by atoms with E-state index in [1.165, 1.54) is 19.3 Å². The second-order valence-electron chi connectivity index (χ2n) is 6.17. The molecule has 1 atom stereocenters. The largest absolute Gasteiger partial charge is 0.385 e. The molecule has 1 aliphatic carbocycles. The summed E-state index contributed by atoms with van der Waals surface area (Å²) < 4.78 is 5.01. The molecular weight excluding hydrogens is 252 g/mol. The zero-order chi connectivity index (χ0) is 14.3. The average molecular weight is 280 g/mol. The molecule has 1 N–H and O–H groups in total. The first-order valence-electron chi connectivity index (χ1n) is 7.92. The summed E-state index contributed by atoms with van der Waals surface area (Å²) in [5.41, 5.74) is 0.361. The van der Waals surface area contributed by atoms with Crippen LogP contribution in [0.3, 0.4) is 0 Å². The molecule has 4 heteroatoms. The van der Waals surface area contributed by atoms with Gasteiger partial charge >= 0.3 is 6.03 Å². The lowest BCUT2D eigenvalue weighted by Crippen LogP contribution is -2.50. The van der Waals surface area contributed by atoms with Crippen LogP contribution >= 0.6 is 0 Å². The Morgan fingerprint density at radius 1 is 1.35 bits per heavy atom. The molecule has 0 radical (unpaired) electrons. The number of nitrogens with one attached hydrogen (secondary N) is 1. The first-order chi connectivity index (χ1) is 9.76. The summed E-state index contributed by atoms with van der Waals surface area (Å²) in [4.78, 5) is 14.2. The fourth-order valence-electron chi connectivity index (χ4n) is 3.37. The number of unbranched alkanes of at least 4 members (excludes halogenated alkanes) is 1. The van der Waals surface area contributed by atoms with Gasteiger partial charge in [0.2, 0.25) is 0 Å². The van der Waals surface area contributed by atoms with Gasteiger partial charge in [-0.1, -0.05) is 12.2 Å². The Balaban J connectivity index is 1.74. The van der Waals surface area contributed by atoms with Gasteiger partial charge in [-0.05, 0) is 50.4 Å². The SMILES string of the molecule is COCCCCNC(=O)N1CCC[C@]2(CC=CCC2)C1. The van der Waals surface area contributed by atoms with E-state index >= 15 is 0 Å². The molecular formula is C16H28N2O2. The molecule has 0 aromatic rings. The summed E-state index contributed by atoms with van der Waals surface area (Å²) in [5.74, 6) is 0. The minimum Gasteiger partial charge on any atom is -0.385 e. The number of piperidine rings is 1. The zero-order valence-electron chi connectivity index (χ0n) is 12.7. The quantitative estimate of drug-likeness (QED) is 0.621. The van der Waals surface area contributed by atoms with E-state index in [1.807, 2.05) is 4.90 Å². The van der Waals surface area contributed by atoms with Gasteiger partial charge in [0.25, 0.3) is 0 Å². The summed E-state index contributed by atoms with van der Waals surface area (Å²) in [7, 11) is 1.71. The minimum atomic E-state index is 0.121. The topological polar surface area (TPSA) is 41.6 Å². The maximum absolute atomic E-state index is 12.2. The van der Waals surface area contributed by atoms with Gasteiger partial charge in [-0.3, -0.25) is 0 Å². The third-order valence-electron chi connectivity index (χ3n) is 4.56. The standard InChI is InChI=1S/C16H28N2O2/c1-20-13-6-5-11-17-15(19)18-12-7-10-16(14-18)8-3-2-4-9-16/h2-3H,4-14H2,1H3,(H,17,19)/t16-/m1/s1. The first kappa shape index (κ1) is 15.4. The van der Waals surface area contributed by atoms with Gasteiger partial charge in [-0.2, -0.15) is 0 Å². The summed E-state index contributed by atoms with van der Waals surface area (Å²) in [6, 6.07) is 0.121. The van der Waals surface area contributed by atoms with Gasteiger partial charge < -0.3 is 15.0 Å². The van der Waals surface area contributed by atoms with Crippen molar-refractivity contribution in [2.45, 2.75) is 44.9 Å². The molecule has 0 bridgehead atoms. The van der Waals surface area contributed by atoms with Gasteiger partial charge in [0.1, 0.15) is 0 Å². The summed E-state index contributed by atoms with van der Waals surface area (Å²) >= 11 is 0. The molecule has 1 spiro atoms. The molecule has 1 fully saturated rings. The van der Waals surface area contributed by atoms with E-state index in [0.717, 1.165) is 51.9 Å². The van der Waals surface area contributed by atoms with Crippen molar-refractivity contribution in [3.8, 4) is 0 Å². The number of methoxy groups -OCH3 is 1. The van der Waals surface area contributed by atoms with Gasteiger partial charge in [-0.25, -0.2) is 4.79 Å². The smallest absolute Gasteiger partial charge is 0.317 e. The van der Waals surface area contributed by atoms with Crippen molar-refractivity contribution in [1.29, 1.82) is 0 Å². The summed E-state index contributed by atoms with van der Waals surface area (Å²) in [5, 5.41) is 3.05. The second-order valence-corrected chi connectivity index (χ2v) is 6.17. The number of likely N-dealkylation sites (tertiary alicyclic amines) is 1. The molecule has 2 amide bonds. The molecule has 114 valence electrons. The molecule has 20 heavy (non-hydrogen) atoms. The van der Waals surface area contributed by atoms with Crippen LogP contribution in [-0.4, -0.2) is 44.3 Å². The van der Waals surface area contributed by atoms with Gasteiger partial charge in [0, 0.05) is 33.4 Å². The lowest BCUT2D eigenvalue weighted by Gasteiger charge is -2.43. The molecule has 0 unspecified atom stereocenters.